The average Bonchev–Trinajstić information content (AvgIpc) is 3.22. The number of methoxy groups -OCH3 is 1. The van der Waals surface area contributed by atoms with E-state index in [9.17, 15) is 9.90 Å². The number of phenols is 1. The number of aromatic nitrogens is 2. The first-order valence-electron chi connectivity index (χ1n) is 8.12. The van der Waals surface area contributed by atoms with Crippen molar-refractivity contribution in [1.29, 1.82) is 0 Å². The Balaban J connectivity index is 1.62. The molecular weight excluding hydrogens is 346 g/mol. The van der Waals surface area contributed by atoms with Gasteiger partial charge in [-0.3, -0.25) is 4.79 Å². The molecule has 2 aromatic carbocycles. The summed E-state index contributed by atoms with van der Waals surface area (Å²) in [7, 11) is 1.54. The summed E-state index contributed by atoms with van der Waals surface area (Å²) in [4.78, 5) is 20.7. The van der Waals surface area contributed by atoms with Crippen LogP contribution in [-0.4, -0.2) is 28.1 Å². The lowest BCUT2D eigenvalue weighted by Crippen LogP contribution is -2.13. The predicted octanol–water partition coefficient (Wildman–Crippen LogP) is 3.86. The van der Waals surface area contributed by atoms with Gasteiger partial charge in [-0.1, -0.05) is 18.2 Å². The van der Waals surface area contributed by atoms with E-state index in [1.165, 1.54) is 19.6 Å². The SMILES string of the molecule is COc1cc(NC(=O)c2ccc3cccc(O)c3n2)ccc1-c1cnco1. The summed E-state index contributed by atoms with van der Waals surface area (Å²) < 4.78 is 10.7. The van der Waals surface area contributed by atoms with Gasteiger partial charge in [0, 0.05) is 17.1 Å². The van der Waals surface area contributed by atoms with E-state index in [1.54, 1.807) is 42.6 Å². The molecule has 0 aliphatic rings. The van der Waals surface area contributed by atoms with Gasteiger partial charge in [0.25, 0.3) is 5.91 Å². The van der Waals surface area contributed by atoms with Gasteiger partial charge in [0.05, 0.1) is 18.9 Å². The van der Waals surface area contributed by atoms with Crippen molar-refractivity contribution in [3.05, 3.63) is 66.8 Å². The van der Waals surface area contributed by atoms with Crippen LogP contribution in [0.5, 0.6) is 11.5 Å². The van der Waals surface area contributed by atoms with Crippen LogP contribution in [0.3, 0.4) is 0 Å². The molecule has 134 valence electrons. The van der Waals surface area contributed by atoms with Crippen molar-refractivity contribution in [3.8, 4) is 22.8 Å². The summed E-state index contributed by atoms with van der Waals surface area (Å²) in [5.74, 6) is 0.736. The number of rotatable bonds is 4. The van der Waals surface area contributed by atoms with E-state index < -0.39 is 5.91 Å². The van der Waals surface area contributed by atoms with Crippen LogP contribution >= 0.6 is 0 Å². The number of nitrogens with zero attached hydrogens (tertiary/aromatic N) is 2. The van der Waals surface area contributed by atoms with Gasteiger partial charge >= 0.3 is 0 Å². The number of para-hydroxylation sites is 1. The lowest BCUT2D eigenvalue weighted by molar-refractivity contribution is 0.102. The maximum absolute atomic E-state index is 12.6. The zero-order valence-electron chi connectivity index (χ0n) is 14.3. The number of oxazole rings is 1. The maximum atomic E-state index is 12.6. The van der Waals surface area contributed by atoms with Crippen molar-refractivity contribution in [2.75, 3.05) is 12.4 Å². The van der Waals surface area contributed by atoms with Gasteiger partial charge in [0.1, 0.15) is 22.7 Å². The van der Waals surface area contributed by atoms with E-state index in [1.807, 2.05) is 6.07 Å². The Morgan fingerprint density at radius 1 is 1.19 bits per heavy atom. The van der Waals surface area contributed by atoms with Crippen LogP contribution in [-0.2, 0) is 0 Å². The number of phenolic OH excluding ortho intramolecular Hbond substituents is 1. The standard InChI is InChI=1S/C20H15N3O4/c1-26-17-9-13(6-7-14(17)18-10-21-11-27-18)22-20(25)15-8-5-12-3-2-4-16(24)19(12)23-15/h2-11,24H,1H3,(H,22,25). The number of carbonyl (C=O) groups is 1. The summed E-state index contributed by atoms with van der Waals surface area (Å²) >= 11 is 0. The third kappa shape index (κ3) is 3.18. The second kappa shape index (κ2) is 6.80. The Hall–Kier alpha value is -3.87. The van der Waals surface area contributed by atoms with Crippen molar-refractivity contribution in [2.45, 2.75) is 0 Å². The van der Waals surface area contributed by atoms with Crippen LogP contribution in [0, 0.1) is 0 Å². The molecule has 0 fully saturated rings. The number of pyridine rings is 1. The molecular formula is C20H15N3O4. The second-order valence-corrected chi connectivity index (χ2v) is 5.78. The van der Waals surface area contributed by atoms with Crippen LogP contribution in [0.4, 0.5) is 5.69 Å². The van der Waals surface area contributed by atoms with E-state index in [4.69, 9.17) is 9.15 Å². The molecule has 0 saturated heterocycles. The summed E-state index contributed by atoms with van der Waals surface area (Å²) in [6, 6.07) is 13.6. The minimum Gasteiger partial charge on any atom is -0.506 e. The van der Waals surface area contributed by atoms with E-state index in [2.05, 4.69) is 15.3 Å². The van der Waals surface area contributed by atoms with Crippen LogP contribution in [0.2, 0.25) is 0 Å². The lowest BCUT2D eigenvalue weighted by atomic mass is 10.1. The molecule has 0 aliphatic heterocycles. The molecule has 4 aromatic rings. The third-order valence-electron chi connectivity index (χ3n) is 4.09. The first-order valence-corrected chi connectivity index (χ1v) is 8.12. The monoisotopic (exact) mass is 361 g/mol. The second-order valence-electron chi connectivity index (χ2n) is 5.78. The van der Waals surface area contributed by atoms with Crippen LogP contribution in [0.1, 0.15) is 10.5 Å². The fourth-order valence-electron chi connectivity index (χ4n) is 2.77. The summed E-state index contributed by atoms with van der Waals surface area (Å²) in [6.07, 6.45) is 2.92. The first-order chi connectivity index (χ1) is 13.2. The highest BCUT2D eigenvalue weighted by Gasteiger charge is 2.14. The molecule has 7 heteroatoms. The zero-order valence-corrected chi connectivity index (χ0v) is 14.3. The maximum Gasteiger partial charge on any atom is 0.274 e. The van der Waals surface area contributed by atoms with Crippen LogP contribution in [0.15, 0.2) is 65.5 Å². The first kappa shape index (κ1) is 16.6. The van der Waals surface area contributed by atoms with Crippen molar-refractivity contribution in [1.82, 2.24) is 9.97 Å². The number of hydrogen-bond acceptors (Lipinski definition) is 6. The molecule has 0 aliphatic carbocycles. The number of carbonyl (C=O) groups excluding carboxylic acids is 1. The van der Waals surface area contributed by atoms with Crippen LogP contribution in [0.25, 0.3) is 22.2 Å². The Morgan fingerprint density at radius 3 is 2.85 bits per heavy atom. The van der Waals surface area contributed by atoms with Gasteiger partial charge in [0.2, 0.25) is 0 Å². The van der Waals surface area contributed by atoms with Gasteiger partial charge in [0.15, 0.2) is 12.2 Å². The minimum atomic E-state index is -0.394. The quantitative estimate of drug-likeness (QED) is 0.573. The van der Waals surface area contributed by atoms with Crippen molar-refractivity contribution < 1.29 is 19.1 Å². The topological polar surface area (TPSA) is 97.5 Å². The van der Waals surface area contributed by atoms with E-state index >= 15 is 0 Å². The number of hydrogen-bond donors (Lipinski definition) is 2. The molecule has 4 rings (SSSR count). The lowest BCUT2D eigenvalue weighted by Gasteiger charge is -2.10. The fourth-order valence-corrected chi connectivity index (χ4v) is 2.77. The van der Waals surface area contributed by atoms with Gasteiger partial charge < -0.3 is 19.6 Å². The van der Waals surface area contributed by atoms with Gasteiger partial charge in [-0.25, -0.2) is 9.97 Å². The number of anilines is 1. The normalized spacial score (nSPS) is 10.7. The van der Waals surface area contributed by atoms with Crippen LogP contribution < -0.4 is 10.1 Å². The fraction of sp³-hybridized carbons (Fsp3) is 0.0500. The molecule has 27 heavy (non-hydrogen) atoms. The number of fused-ring (bicyclic) bond motifs is 1. The Kier molecular flexibility index (Phi) is 4.18. The molecule has 2 N–H and O–H groups in total. The number of nitrogens with one attached hydrogen (secondary N) is 1. The molecule has 0 bridgehead atoms. The summed E-state index contributed by atoms with van der Waals surface area (Å²) in [5, 5.41) is 13.5. The number of ether oxygens (including phenoxy) is 1. The van der Waals surface area contributed by atoms with E-state index in [-0.39, 0.29) is 11.4 Å². The molecule has 2 heterocycles. The smallest absolute Gasteiger partial charge is 0.274 e. The minimum absolute atomic E-state index is 0.0280. The van der Waals surface area contributed by atoms with Crippen molar-refractivity contribution >= 4 is 22.5 Å². The van der Waals surface area contributed by atoms with Gasteiger partial charge in [-0.2, -0.15) is 0 Å². The zero-order chi connectivity index (χ0) is 18.8. The Labute approximate surface area is 154 Å². The van der Waals surface area contributed by atoms with E-state index in [0.717, 1.165) is 10.9 Å². The summed E-state index contributed by atoms with van der Waals surface area (Å²) in [5.41, 5.74) is 1.84. The highest BCUT2D eigenvalue weighted by atomic mass is 16.5. The number of benzene rings is 2. The number of amides is 1. The number of aromatic hydroxyl groups is 1. The highest BCUT2D eigenvalue weighted by molar-refractivity contribution is 6.04. The molecule has 0 saturated carbocycles. The Morgan fingerprint density at radius 2 is 2.07 bits per heavy atom. The van der Waals surface area contributed by atoms with Gasteiger partial charge in [-0.15, -0.1) is 0 Å². The molecule has 0 spiro atoms. The molecule has 7 nitrogen and oxygen atoms in total. The third-order valence-corrected chi connectivity index (χ3v) is 4.09. The molecule has 0 atom stereocenters. The van der Waals surface area contributed by atoms with Gasteiger partial charge in [-0.05, 0) is 24.3 Å². The molecule has 2 aromatic heterocycles. The van der Waals surface area contributed by atoms with E-state index in [0.29, 0.717) is 22.7 Å². The highest BCUT2D eigenvalue weighted by Crippen LogP contribution is 2.32. The van der Waals surface area contributed by atoms with Crippen molar-refractivity contribution in [2.24, 2.45) is 0 Å². The van der Waals surface area contributed by atoms with Crippen molar-refractivity contribution in [3.63, 3.8) is 0 Å². The Bertz CT molecular complexity index is 1120. The largest absolute Gasteiger partial charge is 0.506 e. The summed E-state index contributed by atoms with van der Waals surface area (Å²) in [6.45, 7) is 0. The molecule has 0 radical (unpaired) electrons. The predicted molar refractivity (Wildman–Crippen MR) is 99.9 cm³/mol. The average molecular weight is 361 g/mol. The molecule has 0 unspecified atom stereocenters. The molecule has 1 amide bonds.